The molecule has 0 N–H and O–H groups in total. The lowest BCUT2D eigenvalue weighted by Gasteiger charge is -2.22. The summed E-state index contributed by atoms with van der Waals surface area (Å²) in [5, 5.41) is 2.50. The number of rotatable bonds is 4. The van der Waals surface area contributed by atoms with Crippen LogP contribution in [0.2, 0.25) is 0 Å². The standard InChI is InChI=1S/C23H24NOP/c1-23(2,3)24-18-19-12-10-11-17-22(19)26(25,20-13-6-4-7-14-20)21-15-8-5-9-16-21/h4-18H,1-3H3. The topological polar surface area (TPSA) is 29.4 Å². The van der Waals surface area contributed by atoms with Gasteiger partial charge in [0.1, 0.15) is 0 Å². The largest absolute Gasteiger partial charge is 0.309 e. The van der Waals surface area contributed by atoms with E-state index in [1.54, 1.807) is 0 Å². The first kappa shape index (κ1) is 18.4. The molecule has 2 nitrogen and oxygen atoms in total. The van der Waals surface area contributed by atoms with Crippen LogP contribution in [0.25, 0.3) is 0 Å². The fourth-order valence-electron chi connectivity index (χ4n) is 2.85. The maximum Gasteiger partial charge on any atom is 0.171 e. The SMILES string of the molecule is CC(C)(C)N=Cc1ccccc1P(=O)(c1ccccc1)c1ccccc1. The smallest absolute Gasteiger partial charge is 0.171 e. The lowest BCUT2D eigenvalue weighted by atomic mass is 10.1. The van der Waals surface area contributed by atoms with E-state index in [9.17, 15) is 4.57 Å². The van der Waals surface area contributed by atoms with Crippen LogP contribution in [0.15, 0.2) is 89.9 Å². The molecule has 0 aliphatic rings. The number of hydrogen-bond donors (Lipinski definition) is 0. The first-order chi connectivity index (χ1) is 12.4. The van der Waals surface area contributed by atoms with E-state index in [-0.39, 0.29) is 5.54 Å². The summed E-state index contributed by atoms with van der Waals surface area (Å²) in [5.41, 5.74) is 0.717. The Labute approximate surface area is 156 Å². The average Bonchev–Trinajstić information content (AvgIpc) is 2.67. The Morgan fingerprint density at radius 1 is 0.731 bits per heavy atom. The second-order valence-electron chi connectivity index (χ2n) is 7.27. The predicted molar refractivity (Wildman–Crippen MR) is 113 cm³/mol. The van der Waals surface area contributed by atoms with E-state index in [4.69, 9.17) is 0 Å². The first-order valence-corrected chi connectivity index (χ1v) is 10.5. The molecule has 3 aromatic carbocycles. The lowest BCUT2D eigenvalue weighted by Crippen LogP contribution is -2.27. The molecule has 0 bridgehead atoms. The zero-order chi connectivity index (χ0) is 18.6. The van der Waals surface area contributed by atoms with E-state index in [1.807, 2.05) is 91.1 Å². The van der Waals surface area contributed by atoms with Crippen molar-refractivity contribution in [3.05, 3.63) is 90.5 Å². The molecule has 0 aliphatic heterocycles. The highest BCUT2D eigenvalue weighted by molar-refractivity contribution is 7.85. The van der Waals surface area contributed by atoms with Crippen LogP contribution < -0.4 is 15.9 Å². The molecule has 0 aliphatic carbocycles. The first-order valence-electron chi connectivity index (χ1n) is 8.77. The van der Waals surface area contributed by atoms with Crippen molar-refractivity contribution >= 4 is 29.3 Å². The molecule has 0 spiro atoms. The summed E-state index contributed by atoms with van der Waals surface area (Å²) >= 11 is 0. The molecule has 0 atom stereocenters. The van der Waals surface area contributed by atoms with Crippen LogP contribution in [-0.4, -0.2) is 11.8 Å². The normalized spacial score (nSPS) is 12.4. The maximum absolute atomic E-state index is 14.5. The third-order valence-corrected chi connectivity index (χ3v) is 7.24. The van der Waals surface area contributed by atoms with Crippen LogP contribution in [0.3, 0.4) is 0 Å². The molecule has 26 heavy (non-hydrogen) atoms. The number of benzene rings is 3. The highest BCUT2D eigenvalue weighted by Crippen LogP contribution is 2.43. The molecule has 0 radical (unpaired) electrons. The van der Waals surface area contributed by atoms with Crippen molar-refractivity contribution in [2.45, 2.75) is 26.3 Å². The molecular weight excluding hydrogens is 337 g/mol. The highest BCUT2D eigenvalue weighted by atomic mass is 31.2. The summed E-state index contributed by atoms with van der Waals surface area (Å²) in [5.74, 6) is 0. The molecule has 0 fully saturated rings. The minimum absolute atomic E-state index is 0.184. The van der Waals surface area contributed by atoms with E-state index >= 15 is 0 Å². The number of nitrogens with zero attached hydrogens (tertiary/aromatic N) is 1. The maximum atomic E-state index is 14.5. The zero-order valence-electron chi connectivity index (χ0n) is 15.5. The Morgan fingerprint density at radius 2 is 1.19 bits per heavy atom. The lowest BCUT2D eigenvalue weighted by molar-refractivity contribution is 0.586. The van der Waals surface area contributed by atoms with E-state index < -0.39 is 7.14 Å². The van der Waals surface area contributed by atoms with Gasteiger partial charge in [0, 0.05) is 27.7 Å². The molecule has 0 saturated carbocycles. The summed E-state index contributed by atoms with van der Waals surface area (Å²) in [7, 11) is -2.99. The Balaban J connectivity index is 2.26. The van der Waals surface area contributed by atoms with Gasteiger partial charge in [-0.25, -0.2) is 0 Å². The molecular formula is C23H24NOP. The predicted octanol–water partition coefficient (Wildman–Crippen LogP) is 4.54. The van der Waals surface area contributed by atoms with Gasteiger partial charge in [-0.1, -0.05) is 84.9 Å². The van der Waals surface area contributed by atoms with Gasteiger partial charge in [-0.05, 0) is 20.8 Å². The van der Waals surface area contributed by atoms with Gasteiger partial charge in [-0.3, -0.25) is 4.99 Å². The Morgan fingerprint density at radius 3 is 1.69 bits per heavy atom. The minimum atomic E-state index is -2.99. The van der Waals surface area contributed by atoms with Gasteiger partial charge in [0.25, 0.3) is 0 Å². The van der Waals surface area contributed by atoms with Gasteiger partial charge in [-0.2, -0.15) is 0 Å². The molecule has 0 saturated heterocycles. The second kappa shape index (κ2) is 7.43. The van der Waals surface area contributed by atoms with Gasteiger partial charge in [-0.15, -0.1) is 0 Å². The fraction of sp³-hybridized carbons (Fsp3) is 0.174. The molecule has 3 aromatic rings. The van der Waals surface area contributed by atoms with Crippen LogP contribution in [0.4, 0.5) is 0 Å². The summed E-state index contributed by atoms with van der Waals surface area (Å²) in [6, 6.07) is 27.3. The Bertz CT molecular complexity index is 897. The molecule has 0 heterocycles. The van der Waals surface area contributed by atoms with Crippen molar-refractivity contribution in [2.75, 3.05) is 0 Å². The van der Waals surface area contributed by atoms with Gasteiger partial charge < -0.3 is 4.57 Å². The zero-order valence-corrected chi connectivity index (χ0v) is 16.4. The van der Waals surface area contributed by atoms with Crippen molar-refractivity contribution < 1.29 is 4.57 Å². The van der Waals surface area contributed by atoms with E-state index in [0.717, 1.165) is 21.5 Å². The fourth-order valence-corrected chi connectivity index (χ4v) is 5.68. The van der Waals surface area contributed by atoms with E-state index in [2.05, 4.69) is 25.8 Å². The van der Waals surface area contributed by atoms with Crippen molar-refractivity contribution in [2.24, 2.45) is 4.99 Å². The van der Waals surface area contributed by atoms with E-state index in [0.29, 0.717) is 0 Å². The van der Waals surface area contributed by atoms with Gasteiger partial charge in [0.15, 0.2) is 7.14 Å². The molecule has 3 rings (SSSR count). The highest BCUT2D eigenvalue weighted by Gasteiger charge is 2.31. The third-order valence-electron chi connectivity index (χ3n) is 4.11. The number of aliphatic imine (C=N–C) groups is 1. The van der Waals surface area contributed by atoms with Gasteiger partial charge >= 0.3 is 0 Å². The Kier molecular flexibility index (Phi) is 5.25. The van der Waals surface area contributed by atoms with Crippen LogP contribution in [0.1, 0.15) is 26.3 Å². The van der Waals surface area contributed by atoms with Crippen molar-refractivity contribution in [1.29, 1.82) is 0 Å². The summed E-state index contributed by atoms with van der Waals surface area (Å²) in [4.78, 5) is 4.64. The van der Waals surface area contributed by atoms with Crippen LogP contribution in [-0.2, 0) is 4.57 Å². The second-order valence-corrected chi connectivity index (χ2v) is 10.0. The van der Waals surface area contributed by atoms with Crippen LogP contribution in [0.5, 0.6) is 0 Å². The summed E-state index contributed by atoms with van der Waals surface area (Å²) in [6.07, 6.45) is 1.86. The van der Waals surface area contributed by atoms with Crippen molar-refractivity contribution in [3.63, 3.8) is 0 Å². The van der Waals surface area contributed by atoms with Crippen LogP contribution >= 0.6 is 7.14 Å². The van der Waals surface area contributed by atoms with E-state index in [1.165, 1.54) is 0 Å². The quantitative estimate of drug-likeness (QED) is 0.495. The average molecular weight is 361 g/mol. The molecule has 0 amide bonds. The summed E-state index contributed by atoms with van der Waals surface area (Å²) in [6.45, 7) is 6.17. The molecule has 132 valence electrons. The Hall–Kier alpha value is -2.44. The monoisotopic (exact) mass is 361 g/mol. The summed E-state index contributed by atoms with van der Waals surface area (Å²) < 4.78 is 14.5. The van der Waals surface area contributed by atoms with Gasteiger partial charge in [0.2, 0.25) is 0 Å². The molecule has 3 heteroatoms. The van der Waals surface area contributed by atoms with Gasteiger partial charge in [0.05, 0.1) is 5.54 Å². The van der Waals surface area contributed by atoms with Crippen molar-refractivity contribution in [3.8, 4) is 0 Å². The van der Waals surface area contributed by atoms with Crippen molar-refractivity contribution in [1.82, 2.24) is 0 Å². The number of hydrogen-bond acceptors (Lipinski definition) is 2. The third kappa shape index (κ3) is 3.86. The minimum Gasteiger partial charge on any atom is -0.309 e. The molecule has 0 aromatic heterocycles. The molecule has 0 unspecified atom stereocenters. The van der Waals surface area contributed by atoms with Crippen LogP contribution in [0, 0.1) is 0 Å².